The molecule has 1 rings (SSSR count). The molecule has 0 atom stereocenters. The number of nitrogen functional groups attached to an aromatic ring is 1. The lowest BCUT2D eigenvalue weighted by atomic mass is 10.4. The second kappa shape index (κ2) is 3.31. The second-order valence-corrected chi connectivity index (χ2v) is 4.82. The van der Waals surface area contributed by atoms with E-state index in [2.05, 4.69) is 4.98 Å². The zero-order valence-corrected chi connectivity index (χ0v) is 8.25. The number of nitrogens with two attached hydrogens (primary N) is 1. The molecule has 0 radical (unpaired) electrons. The molecule has 0 saturated heterocycles. The Labute approximate surface area is 77.2 Å². The Balaban J connectivity index is 3.32. The summed E-state index contributed by atoms with van der Waals surface area (Å²) in [5.41, 5.74) is 5.64. The van der Waals surface area contributed by atoms with Crippen LogP contribution in [0.3, 0.4) is 0 Å². The summed E-state index contributed by atoms with van der Waals surface area (Å²) in [6, 6.07) is 1.38. The van der Waals surface area contributed by atoms with Crippen molar-refractivity contribution in [1.82, 2.24) is 9.29 Å². The lowest BCUT2D eigenvalue weighted by molar-refractivity contribution is 0.521. The lowest BCUT2D eigenvalue weighted by Gasteiger charge is -2.12. The summed E-state index contributed by atoms with van der Waals surface area (Å²) in [5.74, 6) is 0. The average Bonchev–Trinajstić information content (AvgIpc) is 2.04. The van der Waals surface area contributed by atoms with Crippen LogP contribution in [0.5, 0.6) is 0 Å². The molecule has 0 aliphatic heterocycles. The van der Waals surface area contributed by atoms with Gasteiger partial charge in [-0.05, 0) is 6.07 Å². The first kappa shape index (κ1) is 9.94. The van der Waals surface area contributed by atoms with Crippen molar-refractivity contribution in [1.29, 1.82) is 0 Å². The Bertz CT molecular complexity index is 400. The first-order valence-electron chi connectivity index (χ1n) is 3.58. The molecule has 0 fully saturated rings. The van der Waals surface area contributed by atoms with Crippen molar-refractivity contribution in [3.05, 3.63) is 18.5 Å². The summed E-state index contributed by atoms with van der Waals surface area (Å²) in [6.45, 7) is 0. The van der Waals surface area contributed by atoms with Crippen molar-refractivity contribution in [2.45, 2.75) is 4.90 Å². The van der Waals surface area contributed by atoms with E-state index in [9.17, 15) is 8.42 Å². The predicted molar refractivity (Wildman–Crippen MR) is 49.5 cm³/mol. The summed E-state index contributed by atoms with van der Waals surface area (Å²) in [4.78, 5) is 3.80. The maximum atomic E-state index is 11.6. The molecular formula is C7H11N3O2S. The van der Waals surface area contributed by atoms with E-state index in [-0.39, 0.29) is 10.6 Å². The van der Waals surface area contributed by atoms with Gasteiger partial charge >= 0.3 is 0 Å². The Morgan fingerprint density at radius 2 is 2.08 bits per heavy atom. The first-order valence-corrected chi connectivity index (χ1v) is 5.02. The van der Waals surface area contributed by atoms with Gasteiger partial charge in [-0.1, -0.05) is 0 Å². The van der Waals surface area contributed by atoms with E-state index in [1.165, 1.54) is 32.6 Å². The van der Waals surface area contributed by atoms with Crippen molar-refractivity contribution in [2.24, 2.45) is 0 Å². The molecule has 0 saturated carbocycles. The predicted octanol–water partition coefficient (Wildman–Crippen LogP) is -0.0859. The van der Waals surface area contributed by atoms with Crippen molar-refractivity contribution in [3.8, 4) is 0 Å². The second-order valence-electron chi connectivity index (χ2n) is 2.70. The normalized spacial score (nSPS) is 11.9. The highest BCUT2D eigenvalue weighted by atomic mass is 32.2. The number of pyridine rings is 1. The van der Waals surface area contributed by atoms with Crippen molar-refractivity contribution < 1.29 is 8.42 Å². The van der Waals surface area contributed by atoms with Gasteiger partial charge in [-0.25, -0.2) is 12.7 Å². The molecule has 1 heterocycles. The molecule has 0 spiro atoms. The Hall–Kier alpha value is -1.14. The zero-order valence-electron chi connectivity index (χ0n) is 7.43. The molecular weight excluding hydrogens is 190 g/mol. The monoisotopic (exact) mass is 201 g/mol. The van der Waals surface area contributed by atoms with E-state index in [0.717, 1.165) is 4.31 Å². The first-order chi connectivity index (χ1) is 5.96. The summed E-state index contributed by atoms with van der Waals surface area (Å²) in [7, 11) is -0.532. The number of hydrogen-bond acceptors (Lipinski definition) is 4. The van der Waals surface area contributed by atoms with Crippen LogP contribution < -0.4 is 5.73 Å². The van der Waals surface area contributed by atoms with E-state index in [4.69, 9.17) is 5.73 Å². The van der Waals surface area contributed by atoms with E-state index in [1.54, 1.807) is 0 Å². The SMILES string of the molecule is CN(C)S(=O)(=O)c1ccncc1N. The largest absolute Gasteiger partial charge is 0.396 e. The third-order valence-electron chi connectivity index (χ3n) is 1.57. The van der Waals surface area contributed by atoms with Crippen LogP contribution in [0, 0.1) is 0 Å². The van der Waals surface area contributed by atoms with Crippen LogP contribution in [0.2, 0.25) is 0 Å². The fourth-order valence-corrected chi connectivity index (χ4v) is 1.80. The van der Waals surface area contributed by atoms with Gasteiger partial charge in [-0.2, -0.15) is 0 Å². The number of hydrogen-bond donors (Lipinski definition) is 1. The molecule has 13 heavy (non-hydrogen) atoms. The van der Waals surface area contributed by atoms with Crippen LogP contribution >= 0.6 is 0 Å². The number of rotatable bonds is 2. The number of anilines is 1. The minimum Gasteiger partial charge on any atom is -0.396 e. The molecule has 6 heteroatoms. The minimum absolute atomic E-state index is 0.0903. The summed E-state index contributed by atoms with van der Waals surface area (Å²) in [6.07, 6.45) is 2.71. The van der Waals surface area contributed by atoms with Crippen LogP contribution in [-0.2, 0) is 10.0 Å². The van der Waals surface area contributed by atoms with E-state index in [0.29, 0.717) is 0 Å². The molecule has 0 aromatic carbocycles. The van der Waals surface area contributed by atoms with Crippen LogP contribution in [-0.4, -0.2) is 31.8 Å². The molecule has 2 N–H and O–H groups in total. The smallest absolute Gasteiger partial charge is 0.244 e. The van der Waals surface area contributed by atoms with E-state index < -0.39 is 10.0 Å². The van der Waals surface area contributed by atoms with Gasteiger partial charge in [0.2, 0.25) is 10.0 Å². The maximum Gasteiger partial charge on any atom is 0.244 e. The molecule has 0 aliphatic rings. The minimum atomic E-state index is -3.44. The van der Waals surface area contributed by atoms with E-state index in [1.807, 2.05) is 0 Å². The highest BCUT2D eigenvalue weighted by molar-refractivity contribution is 7.89. The van der Waals surface area contributed by atoms with Gasteiger partial charge < -0.3 is 5.73 Å². The molecule has 0 unspecified atom stereocenters. The van der Waals surface area contributed by atoms with Crippen LogP contribution in [0.4, 0.5) is 5.69 Å². The lowest BCUT2D eigenvalue weighted by Crippen LogP contribution is -2.23. The van der Waals surface area contributed by atoms with Crippen molar-refractivity contribution in [2.75, 3.05) is 19.8 Å². The third kappa shape index (κ3) is 1.78. The number of aromatic nitrogens is 1. The highest BCUT2D eigenvalue weighted by Gasteiger charge is 2.19. The van der Waals surface area contributed by atoms with Crippen molar-refractivity contribution >= 4 is 15.7 Å². The molecule has 0 bridgehead atoms. The summed E-state index contributed by atoms with van der Waals surface area (Å²) < 4.78 is 24.3. The van der Waals surface area contributed by atoms with Gasteiger partial charge in [-0.15, -0.1) is 0 Å². The molecule has 1 aromatic rings. The Kier molecular flexibility index (Phi) is 2.53. The van der Waals surface area contributed by atoms with Crippen LogP contribution in [0.25, 0.3) is 0 Å². The molecule has 72 valence electrons. The molecule has 0 aliphatic carbocycles. The quantitative estimate of drug-likeness (QED) is 0.725. The summed E-state index contributed by atoms with van der Waals surface area (Å²) >= 11 is 0. The highest BCUT2D eigenvalue weighted by Crippen LogP contribution is 2.18. The zero-order chi connectivity index (χ0) is 10.1. The Morgan fingerprint density at radius 3 is 2.54 bits per heavy atom. The average molecular weight is 201 g/mol. The van der Waals surface area contributed by atoms with Crippen LogP contribution in [0.15, 0.2) is 23.4 Å². The fraction of sp³-hybridized carbons (Fsp3) is 0.286. The molecule has 1 aromatic heterocycles. The summed E-state index contributed by atoms with van der Waals surface area (Å²) in [5, 5.41) is 0. The van der Waals surface area contributed by atoms with E-state index >= 15 is 0 Å². The fourth-order valence-electron chi connectivity index (χ4n) is 0.826. The van der Waals surface area contributed by atoms with Crippen LogP contribution in [0.1, 0.15) is 0 Å². The topological polar surface area (TPSA) is 76.3 Å². The van der Waals surface area contributed by atoms with Gasteiger partial charge in [0.05, 0.1) is 11.9 Å². The maximum absolute atomic E-state index is 11.6. The van der Waals surface area contributed by atoms with Gasteiger partial charge in [0.15, 0.2) is 0 Å². The standard InChI is InChI=1S/C7H11N3O2S/c1-10(2)13(11,12)7-3-4-9-5-6(7)8/h3-5H,8H2,1-2H3. The van der Waals surface area contributed by atoms with Crippen molar-refractivity contribution in [3.63, 3.8) is 0 Å². The van der Waals surface area contributed by atoms with Gasteiger partial charge in [-0.3, -0.25) is 4.98 Å². The number of nitrogens with zero attached hydrogens (tertiary/aromatic N) is 2. The van der Waals surface area contributed by atoms with Gasteiger partial charge in [0, 0.05) is 20.3 Å². The van der Waals surface area contributed by atoms with Gasteiger partial charge in [0.25, 0.3) is 0 Å². The molecule has 0 amide bonds. The Morgan fingerprint density at radius 1 is 1.46 bits per heavy atom. The number of sulfonamides is 1. The third-order valence-corrected chi connectivity index (χ3v) is 3.46. The molecule has 5 nitrogen and oxygen atoms in total. The van der Waals surface area contributed by atoms with Gasteiger partial charge in [0.1, 0.15) is 4.90 Å².